The summed E-state index contributed by atoms with van der Waals surface area (Å²) in [6.07, 6.45) is 1.59. The van der Waals surface area contributed by atoms with E-state index in [1.54, 1.807) is 24.4 Å². The van der Waals surface area contributed by atoms with Crippen molar-refractivity contribution in [3.05, 3.63) is 52.0 Å². The molecular formula is C24H26BrN7O4. The Bertz CT molecular complexity index is 1270. The van der Waals surface area contributed by atoms with Gasteiger partial charge in [0.15, 0.2) is 11.5 Å². The first kappa shape index (κ1) is 25.3. The first-order valence-corrected chi connectivity index (χ1v) is 12.0. The number of carbonyl (C=O) groups excluding carboxylic acids is 1. The maximum absolute atomic E-state index is 11.3. The molecule has 36 heavy (non-hydrogen) atoms. The summed E-state index contributed by atoms with van der Waals surface area (Å²) >= 11 is 3.58. The number of hydrazone groups is 1. The summed E-state index contributed by atoms with van der Waals surface area (Å²) in [4.78, 5) is 26.9. The number of anilines is 4. The van der Waals surface area contributed by atoms with Crippen LogP contribution >= 0.6 is 15.9 Å². The van der Waals surface area contributed by atoms with Gasteiger partial charge in [0.2, 0.25) is 17.8 Å². The molecule has 2 aromatic carbocycles. The third-order valence-corrected chi connectivity index (χ3v) is 5.76. The Kier molecular flexibility index (Phi) is 8.28. The second-order valence-corrected chi connectivity index (χ2v) is 8.72. The van der Waals surface area contributed by atoms with Gasteiger partial charge < -0.3 is 24.4 Å². The van der Waals surface area contributed by atoms with Gasteiger partial charge in [-0.05, 0) is 64.3 Å². The number of aryl methyl sites for hydroxylation is 1. The normalized spacial score (nSPS) is 13.5. The summed E-state index contributed by atoms with van der Waals surface area (Å²) in [5.74, 6) is 1.49. The Labute approximate surface area is 217 Å². The minimum absolute atomic E-state index is 0.275. The molecule has 1 aromatic heterocycles. The van der Waals surface area contributed by atoms with Gasteiger partial charge in [-0.3, -0.25) is 4.79 Å². The third-order valence-electron chi connectivity index (χ3n) is 5.11. The summed E-state index contributed by atoms with van der Waals surface area (Å²) < 4.78 is 16.8. The molecule has 2 N–H and O–H groups in total. The SMILES string of the molecule is COc1cc(/C=N\Nc2nc(Nc3ccc(C)cc3Br)nc(N3CCOCC3)n2)ccc1OC(C)=O. The number of aromatic nitrogens is 3. The smallest absolute Gasteiger partial charge is 0.308 e. The fourth-order valence-electron chi connectivity index (χ4n) is 3.39. The number of nitrogens with zero attached hydrogens (tertiary/aromatic N) is 5. The van der Waals surface area contributed by atoms with Crippen molar-refractivity contribution in [3.63, 3.8) is 0 Å². The fourth-order valence-corrected chi connectivity index (χ4v) is 3.98. The highest BCUT2D eigenvalue weighted by Crippen LogP contribution is 2.28. The molecule has 1 saturated heterocycles. The van der Waals surface area contributed by atoms with E-state index in [0.717, 1.165) is 21.3 Å². The number of methoxy groups -OCH3 is 1. The number of hydrogen-bond donors (Lipinski definition) is 2. The minimum atomic E-state index is -0.427. The zero-order valence-corrected chi connectivity index (χ0v) is 21.7. The Hall–Kier alpha value is -3.77. The predicted molar refractivity (Wildman–Crippen MR) is 141 cm³/mol. The Morgan fingerprint density at radius 2 is 1.89 bits per heavy atom. The van der Waals surface area contributed by atoms with E-state index >= 15 is 0 Å². The van der Waals surface area contributed by atoms with E-state index in [2.05, 4.69) is 46.7 Å². The van der Waals surface area contributed by atoms with Crippen molar-refractivity contribution in [2.45, 2.75) is 13.8 Å². The molecule has 4 rings (SSSR count). The van der Waals surface area contributed by atoms with Crippen molar-refractivity contribution in [1.29, 1.82) is 0 Å². The molecule has 2 heterocycles. The highest BCUT2D eigenvalue weighted by atomic mass is 79.9. The lowest BCUT2D eigenvalue weighted by Crippen LogP contribution is -2.37. The molecule has 0 amide bonds. The van der Waals surface area contributed by atoms with Gasteiger partial charge in [0.1, 0.15) is 0 Å². The molecule has 11 nitrogen and oxygen atoms in total. The summed E-state index contributed by atoms with van der Waals surface area (Å²) in [7, 11) is 1.50. The fraction of sp³-hybridized carbons (Fsp3) is 0.292. The summed E-state index contributed by atoms with van der Waals surface area (Å²) in [5.41, 5.74) is 5.56. The monoisotopic (exact) mass is 555 g/mol. The number of nitrogens with one attached hydrogen (secondary N) is 2. The quantitative estimate of drug-likeness (QED) is 0.183. The third kappa shape index (κ3) is 6.67. The van der Waals surface area contributed by atoms with Crippen LogP contribution in [0.15, 0.2) is 46.0 Å². The first-order valence-electron chi connectivity index (χ1n) is 11.2. The average molecular weight is 556 g/mol. The molecule has 0 spiro atoms. The maximum Gasteiger partial charge on any atom is 0.308 e. The second-order valence-electron chi connectivity index (χ2n) is 7.86. The van der Waals surface area contributed by atoms with Gasteiger partial charge >= 0.3 is 5.97 Å². The van der Waals surface area contributed by atoms with Gasteiger partial charge in [0.25, 0.3) is 0 Å². The van der Waals surface area contributed by atoms with E-state index in [4.69, 9.17) is 14.2 Å². The molecule has 1 aliphatic heterocycles. The molecule has 0 aliphatic carbocycles. The summed E-state index contributed by atoms with van der Waals surface area (Å²) in [6, 6.07) is 11.1. The molecular weight excluding hydrogens is 530 g/mol. The zero-order valence-electron chi connectivity index (χ0n) is 20.1. The Morgan fingerprint density at radius 1 is 1.11 bits per heavy atom. The van der Waals surface area contributed by atoms with Gasteiger partial charge in [-0.25, -0.2) is 5.43 Å². The van der Waals surface area contributed by atoms with Crippen molar-refractivity contribution >= 4 is 51.6 Å². The number of esters is 1. The van der Waals surface area contributed by atoms with E-state index in [1.807, 2.05) is 30.0 Å². The molecule has 188 valence electrons. The van der Waals surface area contributed by atoms with Crippen molar-refractivity contribution in [2.24, 2.45) is 5.10 Å². The van der Waals surface area contributed by atoms with Gasteiger partial charge in [0.05, 0.1) is 32.2 Å². The van der Waals surface area contributed by atoms with E-state index in [1.165, 1.54) is 14.0 Å². The van der Waals surface area contributed by atoms with E-state index < -0.39 is 5.97 Å². The molecule has 0 atom stereocenters. The molecule has 3 aromatic rings. The van der Waals surface area contributed by atoms with Crippen LogP contribution in [0.3, 0.4) is 0 Å². The Morgan fingerprint density at radius 3 is 2.61 bits per heavy atom. The zero-order chi connectivity index (χ0) is 25.5. The number of morpholine rings is 1. The van der Waals surface area contributed by atoms with E-state index in [-0.39, 0.29) is 5.95 Å². The van der Waals surface area contributed by atoms with Crippen LogP contribution in [0.2, 0.25) is 0 Å². The van der Waals surface area contributed by atoms with Crippen LogP contribution in [0.4, 0.5) is 23.5 Å². The number of rotatable bonds is 8. The number of benzene rings is 2. The first-order chi connectivity index (χ1) is 17.4. The van der Waals surface area contributed by atoms with Crippen LogP contribution in [0.5, 0.6) is 11.5 Å². The van der Waals surface area contributed by atoms with Crippen LogP contribution in [-0.2, 0) is 9.53 Å². The average Bonchev–Trinajstić information content (AvgIpc) is 2.87. The summed E-state index contributed by atoms with van der Waals surface area (Å²) in [5, 5.41) is 7.52. The number of ether oxygens (including phenoxy) is 3. The molecule has 0 unspecified atom stereocenters. The van der Waals surface area contributed by atoms with Crippen molar-refractivity contribution < 1.29 is 19.0 Å². The van der Waals surface area contributed by atoms with Gasteiger partial charge in [0, 0.05) is 24.5 Å². The van der Waals surface area contributed by atoms with Gasteiger partial charge in [-0.1, -0.05) is 6.07 Å². The lowest BCUT2D eigenvalue weighted by atomic mass is 10.2. The van der Waals surface area contributed by atoms with Crippen LogP contribution in [0.1, 0.15) is 18.1 Å². The van der Waals surface area contributed by atoms with Crippen LogP contribution in [0, 0.1) is 6.92 Å². The van der Waals surface area contributed by atoms with Crippen molar-refractivity contribution in [2.75, 3.05) is 49.1 Å². The molecule has 0 bridgehead atoms. The lowest BCUT2D eigenvalue weighted by Gasteiger charge is -2.27. The van der Waals surface area contributed by atoms with Gasteiger partial charge in [-0.15, -0.1) is 0 Å². The minimum Gasteiger partial charge on any atom is -0.493 e. The number of hydrogen-bond acceptors (Lipinski definition) is 11. The molecule has 1 aliphatic rings. The topological polar surface area (TPSA) is 123 Å². The van der Waals surface area contributed by atoms with Crippen LogP contribution in [-0.4, -0.2) is 60.5 Å². The largest absolute Gasteiger partial charge is 0.493 e. The van der Waals surface area contributed by atoms with Gasteiger partial charge in [-0.2, -0.15) is 20.1 Å². The lowest BCUT2D eigenvalue weighted by molar-refractivity contribution is -0.132. The summed E-state index contributed by atoms with van der Waals surface area (Å²) in [6.45, 7) is 5.91. The van der Waals surface area contributed by atoms with Crippen LogP contribution in [0.25, 0.3) is 0 Å². The molecule has 1 fully saturated rings. The number of halogens is 1. The Balaban J connectivity index is 1.56. The predicted octanol–water partition coefficient (Wildman–Crippen LogP) is 3.90. The van der Waals surface area contributed by atoms with E-state index in [9.17, 15) is 4.79 Å². The van der Waals surface area contributed by atoms with E-state index in [0.29, 0.717) is 49.7 Å². The standard InChI is InChI=1S/C24H26BrN7O4/c1-15-4-6-19(18(25)12-15)27-22-28-23(30-24(29-22)32-8-10-35-11-9-32)31-26-14-17-5-7-20(36-16(2)33)21(13-17)34-3/h4-7,12-14H,8-11H2,1-3H3,(H2,27,28,29,30,31)/b26-14-. The number of carbonyl (C=O) groups is 1. The highest BCUT2D eigenvalue weighted by Gasteiger charge is 2.17. The van der Waals surface area contributed by atoms with Crippen LogP contribution < -0.4 is 25.1 Å². The maximum atomic E-state index is 11.3. The molecule has 12 heteroatoms. The molecule has 0 saturated carbocycles. The van der Waals surface area contributed by atoms with Crippen molar-refractivity contribution in [3.8, 4) is 11.5 Å². The molecule has 0 radical (unpaired) electrons. The van der Waals surface area contributed by atoms with Crippen molar-refractivity contribution in [1.82, 2.24) is 15.0 Å². The second kappa shape index (κ2) is 11.8. The highest BCUT2D eigenvalue weighted by molar-refractivity contribution is 9.10.